The molecule has 1 heterocycles. The topological polar surface area (TPSA) is 18.5 Å². The van der Waals surface area contributed by atoms with Crippen LogP contribution in [0.25, 0.3) is 0 Å². The molecule has 0 atom stereocenters. The molecule has 0 N–H and O–H groups in total. The van der Waals surface area contributed by atoms with Crippen LogP contribution in [0.1, 0.15) is 82.3 Å². The van der Waals surface area contributed by atoms with Crippen LogP contribution in [0.5, 0.6) is 0 Å². The summed E-state index contributed by atoms with van der Waals surface area (Å²) in [5.74, 6) is -3.16. The summed E-state index contributed by atoms with van der Waals surface area (Å²) >= 11 is 0. The number of ether oxygens (including phenoxy) is 2. The van der Waals surface area contributed by atoms with Crippen LogP contribution in [-0.4, -0.2) is 25.4 Å². The van der Waals surface area contributed by atoms with Gasteiger partial charge in [0, 0.05) is 29.7 Å². The van der Waals surface area contributed by atoms with E-state index < -0.39 is 29.9 Å². The van der Waals surface area contributed by atoms with Crippen LogP contribution in [0.3, 0.4) is 0 Å². The number of halogens is 4. The van der Waals surface area contributed by atoms with Gasteiger partial charge in [-0.05, 0) is 75.0 Å². The molecule has 2 saturated carbocycles. The van der Waals surface area contributed by atoms with Crippen LogP contribution in [0, 0.1) is 48.1 Å². The van der Waals surface area contributed by atoms with Crippen LogP contribution in [0.2, 0.25) is 0 Å². The van der Waals surface area contributed by atoms with Crippen molar-refractivity contribution in [3.05, 3.63) is 34.9 Å². The molecule has 34 heavy (non-hydrogen) atoms. The van der Waals surface area contributed by atoms with E-state index in [0.29, 0.717) is 50.7 Å². The maximum absolute atomic E-state index is 15.0. The monoisotopic (exact) mass is 484 g/mol. The normalized spacial score (nSPS) is 33.1. The molecule has 2 nitrogen and oxygen atoms in total. The number of benzene rings is 1. The van der Waals surface area contributed by atoms with E-state index in [1.165, 1.54) is 45.4 Å². The minimum atomic E-state index is -2.99. The van der Waals surface area contributed by atoms with Gasteiger partial charge >= 0.3 is 0 Å². The molecule has 1 aliphatic heterocycles. The van der Waals surface area contributed by atoms with Crippen molar-refractivity contribution in [3.8, 4) is 0 Å². The number of hydrogen-bond donors (Lipinski definition) is 0. The van der Waals surface area contributed by atoms with E-state index >= 15 is 0 Å². The first-order chi connectivity index (χ1) is 16.3. The Morgan fingerprint density at radius 2 is 1.38 bits per heavy atom. The zero-order valence-corrected chi connectivity index (χ0v) is 20.6. The molecule has 2 aliphatic carbocycles. The fourth-order valence-corrected chi connectivity index (χ4v) is 6.46. The lowest BCUT2D eigenvalue weighted by Gasteiger charge is -2.42. The van der Waals surface area contributed by atoms with E-state index in [4.69, 9.17) is 9.47 Å². The molecule has 0 bridgehead atoms. The molecule has 0 unspecified atom stereocenters. The molecule has 6 heteroatoms. The molecule has 3 fully saturated rings. The Kier molecular flexibility index (Phi) is 8.61. The number of alkyl halides is 2. The maximum atomic E-state index is 15.0. The van der Waals surface area contributed by atoms with E-state index in [9.17, 15) is 17.6 Å². The van der Waals surface area contributed by atoms with Crippen molar-refractivity contribution in [2.75, 3.05) is 13.2 Å². The zero-order valence-electron chi connectivity index (χ0n) is 20.6. The highest BCUT2D eigenvalue weighted by molar-refractivity contribution is 5.26. The summed E-state index contributed by atoms with van der Waals surface area (Å²) in [7, 11) is 0. The Morgan fingerprint density at radius 3 is 1.94 bits per heavy atom. The summed E-state index contributed by atoms with van der Waals surface area (Å²) in [6, 6.07) is 2.07. The van der Waals surface area contributed by atoms with Crippen LogP contribution >= 0.6 is 0 Å². The molecule has 3 aliphatic rings. The molecule has 0 aromatic heterocycles. The molecule has 0 amide bonds. The number of hydrogen-bond acceptors (Lipinski definition) is 2. The van der Waals surface area contributed by atoms with Crippen molar-refractivity contribution in [3.63, 3.8) is 0 Å². The van der Waals surface area contributed by atoms with Gasteiger partial charge in [-0.25, -0.2) is 17.6 Å². The molecule has 1 aromatic carbocycles. The lowest BCUT2D eigenvalue weighted by Crippen LogP contribution is -2.43. The summed E-state index contributed by atoms with van der Waals surface area (Å²) in [5, 5.41) is 0. The molecular formula is C28H40F4O2. The predicted octanol–water partition coefficient (Wildman–Crippen LogP) is 7.85. The molecule has 4 rings (SSSR count). The van der Waals surface area contributed by atoms with Gasteiger partial charge in [0.15, 0.2) is 6.29 Å². The van der Waals surface area contributed by atoms with E-state index in [2.05, 4.69) is 6.92 Å². The second-order valence-electron chi connectivity index (χ2n) is 11.1. The Hall–Kier alpha value is -1.14. The van der Waals surface area contributed by atoms with Gasteiger partial charge in [0.2, 0.25) is 0 Å². The van der Waals surface area contributed by atoms with Crippen molar-refractivity contribution < 1.29 is 27.0 Å². The van der Waals surface area contributed by atoms with Crippen LogP contribution in [0.15, 0.2) is 12.1 Å². The fourth-order valence-electron chi connectivity index (χ4n) is 6.46. The third kappa shape index (κ3) is 6.16. The first kappa shape index (κ1) is 25.9. The highest BCUT2D eigenvalue weighted by Crippen LogP contribution is 2.43. The smallest absolute Gasteiger partial charge is 0.254 e. The quantitative estimate of drug-likeness (QED) is 0.367. The summed E-state index contributed by atoms with van der Waals surface area (Å²) in [6.07, 6.45) is 8.88. The molecule has 0 radical (unpaired) electrons. The lowest BCUT2D eigenvalue weighted by molar-refractivity contribution is -0.239. The predicted molar refractivity (Wildman–Crippen MR) is 125 cm³/mol. The Morgan fingerprint density at radius 1 is 0.824 bits per heavy atom. The summed E-state index contributed by atoms with van der Waals surface area (Å²) in [6.45, 7) is 5.00. The summed E-state index contributed by atoms with van der Waals surface area (Å²) in [4.78, 5) is 0. The molecule has 192 valence electrons. The van der Waals surface area contributed by atoms with Gasteiger partial charge in [-0.2, -0.15) is 0 Å². The van der Waals surface area contributed by atoms with Gasteiger partial charge in [-0.1, -0.05) is 32.6 Å². The van der Waals surface area contributed by atoms with E-state index in [-0.39, 0.29) is 23.3 Å². The van der Waals surface area contributed by atoms with E-state index in [1.54, 1.807) is 0 Å². The van der Waals surface area contributed by atoms with E-state index in [1.807, 2.05) is 0 Å². The minimum Gasteiger partial charge on any atom is -0.352 e. The van der Waals surface area contributed by atoms with Crippen molar-refractivity contribution >= 4 is 0 Å². The molecule has 1 saturated heterocycles. The standard InChI is InChI=1S/C28H40F4O2/c1-3-4-19-5-7-21(8-6-19)23-16-33-27(34-17-23)22-9-11-24(12-10-22)28(31,32)15-20-13-25(29)18(2)26(30)14-20/h13-14,19,21-24,27H,3-12,15-17H2,1-2H3. The molecule has 1 aromatic rings. The van der Waals surface area contributed by atoms with Crippen molar-refractivity contribution in [2.45, 2.75) is 96.7 Å². The van der Waals surface area contributed by atoms with Gasteiger partial charge in [0.05, 0.1) is 13.2 Å². The highest BCUT2D eigenvalue weighted by Gasteiger charge is 2.44. The number of rotatable bonds is 7. The fraction of sp³-hybridized carbons (Fsp3) is 0.786. The van der Waals surface area contributed by atoms with Crippen molar-refractivity contribution in [1.29, 1.82) is 0 Å². The van der Waals surface area contributed by atoms with Crippen LogP contribution < -0.4 is 0 Å². The Bertz CT molecular complexity index is 767. The highest BCUT2D eigenvalue weighted by atomic mass is 19.3. The van der Waals surface area contributed by atoms with Crippen molar-refractivity contribution in [1.82, 2.24) is 0 Å². The zero-order chi connectivity index (χ0) is 24.3. The second-order valence-corrected chi connectivity index (χ2v) is 11.1. The Balaban J connectivity index is 1.22. The minimum absolute atomic E-state index is 0.0152. The SMILES string of the molecule is CCCC1CCC(C2COC(C3CCC(C(F)(F)Cc4cc(F)c(C)c(F)c4)CC3)OC2)CC1. The molecule has 0 spiro atoms. The van der Waals surface area contributed by atoms with Crippen molar-refractivity contribution in [2.24, 2.45) is 29.6 Å². The van der Waals surface area contributed by atoms with Gasteiger partial charge in [0.1, 0.15) is 11.6 Å². The van der Waals surface area contributed by atoms with E-state index in [0.717, 1.165) is 18.1 Å². The second kappa shape index (κ2) is 11.3. The molecular weight excluding hydrogens is 444 g/mol. The first-order valence-corrected chi connectivity index (χ1v) is 13.3. The Labute approximate surface area is 201 Å². The van der Waals surface area contributed by atoms with Crippen LogP contribution in [-0.2, 0) is 15.9 Å². The maximum Gasteiger partial charge on any atom is 0.254 e. The van der Waals surface area contributed by atoms with Gasteiger partial charge in [-0.3, -0.25) is 0 Å². The third-order valence-corrected chi connectivity index (χ3v) is 8.74. The third-order valence-electron chi connectivity index (χ3n) is 8.74. The summed E-state index contributed by atoms with van der Waals surface area (Å²) in [5.41, 5.74) is -0.118. The van der Waals surface area contributed by atoms with Gasteiger partial charge in [0.25, 0.3) is 5.92 Å². The lowest BCUT2D eigenvalue weighted by atomic mass is 9.74. The van der Waals surface area contributed by atoms with Gasteiger partial charge < -0.3 is 9.47 Å². The van der Waals surface area contributed by atoms with Crippen LogP contribution in [0.4, 0.5) is 17.6 Å². The average Bonchev–Trinajstić information content (AvgIpc) is 2.83. The first-order valence-electron chi connectivity index (χ1n) is 13.3. The summed E-state index contributed by atoms with van der Waals surface area (Å²) < 4.78 is 69.7. The van der Waals surface area contributed by atoms with Gasteiger partial charge in [-0.15, -0.1) is 0 Å². The largest absolute Gasteiger partial charge is 0.352 e. The average molecular weight is 485 g/mol.